The van der Waals surface area contributed by atoms with Crippen LogP contribution in [0.25, 0.3) is 0 Å². The quantitative estimate of drug-likeness (QED) is 0.658. The first kappa shape index (κ1) is 21.3. The molecule has 0 radical (unpaired) electrons. The molecular formula is C22H28N6O3. The molecule has 164 valence electrons. The smallest absolute Gasteiger partial charge is 0.248 e. The van der Waals surface area contributed by atoms with Crippen molar-refractivity contribution in [2.24, 2.45) is 11.5 Å². The molecule has 9 nitrogen and oxygen atoms in total. The topological polar surface area (TPSA) is 137 Å². The summed E-state index contributed by atoms with van der Waals surface area (Å²) < 4.78 is 0. The van der Waals surface area contributed by atoms with Crippen LogP contribution in [-0.4, -0.2) is 76.2 Å². The number of nitrogens with zero attached hydrogens (tertiary/aromatic N) is 4. The Morgan fingerprint density at radius 3 is 2.61 bits per heavy atom. The molecule has 4 rings (SSSR count). The minimum atomic E-state index is -0.742. The summed E-state index contributed by atoms with van der Waals surface area (Å²) in [7, 11) is 0. The molecule has 0 aromatic heterocycles. The normalized spacial score (nSPS) is 27.4. The largest absolute Gasteiger partial charge is 0.366 e. The molecule has 1 aromatic rings. The van der Waals surface area contributed by atoms with E-state index in [2.05, 4.69) is 6.07 Å². The fourth-order valence-electron chi connectivity index (χ4n) is 5.19. The molecule has 3 heterocycles. The molecule has 4 N–H and O–H groups in total. The van der Waals surface area contributed by atoms with Crippen molar-refractivity contribution < 1.29 is 14.4 Å². The Morgan fingerprint density at radius 2 is 2.00 bits per heavy atom. The van der Waals surface area contributed by atoms with Crippen molar-refractivity contribution >= 4 is 17.7 Å². The Bertz CT molecular complexity index is 926. The number of hydrogen-bond donors (Lipinski definition) is 2. The summed E-state index contributed by atoms with van der Waals surface area (Å²) in [6.45, 7) is 3.53. The van der Waals surface area contributed by atoms with Gasteiger partial charge in [0.25, 0.3) is 0 Å². The lowest BCUT2D eigenvalue weighted by Gasteiger charge is -2.38. The number of rotatable bonds is 6. The van der Waals surface area contributed by atoms with E-state index in [9.17, 15) is 19.6 Å². The monoisotopic (exact) mass is 424 g/mol. The summed E-state index contributed by atoms with van der Waals surface area (Å²) in [5, 5.41) is 9.22. The van der Waals surface area contributed by atoms with Gasteiger partial charge in [0.15, 0.2) is 0 Å². The van der Waals surface area contributed by atoms with Crippen LogP contribution in [0.2, 0.25) is 0 Å². The zero-order valence-corrected chi connectivity index (χ0v) is 17.6. The van der Waals surface area contributed by atoms with Crippen molar-refractivity contribution in [1.82, 2.24) is 14.7 Å². The first-order valence-corrected chi connectivity index (χ1v) is 10.7. The minimum absolute atomic E-state index is 0.0402. The van der Waals surface area contributed by atoms with Gasteiger partial charge in [-0.15, -0.1) is 0 Å². The summed E-state index contributed by atoms with van der Waals surface area (Å²) in [6.07, 6.45) is 2.22. The molecule has 0 aliphatic carbocycles. The second-order valence-electron chi connectivity index (χ2n) is 8.69. The van der Waals surface area contributed by atoms with Crippen LogP contribution in [0.4, 0.5) is 0 Å². The molecule has 0 spiro atoms. The molecule has 0 unspecified atom stereocenters. The number of likely N-dealkylation sites (tertiary alicyclic amines) is 3. The summed E-state index contributed by atoms with van der Waals surface area (Å²) in [6, 6.07) is 7.71. The summed E-state index contributed by atoms with van der Waals surface area (Å²) in [5.74, 6) is -0.649. The van der Waals surface area contributed by atoms with Gasteiger partial charge in [-0.25, -0.2) is 0 Å². The first-order valence-electron chi connectivity index (χ1n) is 10.7. The fourth-order valence-corrected chi connectivity index (χ4v) is 5.19. The van der Waals surface area contributed by atoms with Crippen LogP contribution in [0.5, 0.6) is 0 Å². The molecule has 3 saturated heterocycles. The van der Waals surface area contributed by atoms with Gasteiger partial charge in [-0.05, 0) is 43.9 Å². The van der Waals surface area contributed by atoms with Gasteiger partial charge in [0.1, 0.15) is 6.04 Å². The number of fused-ring (bicyclic) bond motifs is 2. The van der Waals surface area contributed by atoms with E-state index in [-0.39, 0.29) is 29.9 Å². The van der Waals surface area contributed by atoms with E-state index >= 15 is 0 Å². The second-order valence-corrected chi connectivity index (χ2v) is 8.69. The number of benzene rings is 1. The van der Waals surface area contributed by atoms with Crippen LogP contribution in [0.3, 0.4) is 0 Å². The minimum Gasteiger partial charge on any atom is -0.366 e. The Kier molecular flexibility index (Phi) is 5.69. The number of amides is 3. The van der Waals surface area contributed by atoms with E-state index in [1.165, 1.54) is 0 Å². The van der Waals surface area contributed by atoms with Crippen LogP contribution in [0, 0.1) is 11.3 Å². The molecule has 9 heteroatoms. The third kappa shape index (κ3) is 3.77. The van der Waals surface area contributed by atoms with Crippen molar-refractivity contribution in [1.29, 1.82) is 5.26 Å². The van der Waals surface area contributed by atoms with Gasteiger partial charge in [-0.1, -0.05) is 12.1 Å². The van der Waals surface area contributed by atoms with E-state index in [0.717, 1.165) is 12.0 Å². The second kappa shape index (κ2) is 8.29. The van der Waals surface area contributed by atoms with Crippen LogP contribution in [0.1, 0.15) is 48.1 Å². The number of nitrogens with two attached hydrogens (primary N) is 2. The zero-order valence-electron chi connectivity index (χ0n) is 17.6. The highest BCUT2D eigenvalue weighted by Crippen LogP contribution is 2.38. The molecule has 3 aliphatic rings. The SMILES string of the molecule is C[C@H](c1ccc(C(N)=O)cc1)N1C(=O)[C@H]2C[C@@H]1CN2C[C@H](N)C(=O)N1CCC[C@H]1C#N. The molecule has 31 heavy (non-hydrogen) atoms. The van der Waals surface area contributed by atoms with E-state index < -0.39 is 18.0 Å². The molecule has 2 bridgehead atoms. The van der Waals surface area contributed by atoms with Gasteiger partial charge in [0, 0.05) is 31.2 Å². The third-order valence-corrected chi connectivity index (χ3v) is 6.84. The van der Waals surface area contributed by atoms with Crippen molar-refractivity contribution in [2.75, 3.05) is 19.6 Å². The number of hydrogen-bond acceptors (Lipinski definition) is 6. The highest BCUT2D eigenvalue weighted by molar-refractivity contribution is 5.92. The van der Waals surface area contributed by atoms with Crippen molar-refractivity contribution in [3.63, 3.8) is 0 Å². The predicted octanol–water partition coefficient (Wildman–Crippen LogP) is -0.0265. The highest BCUT2D eigenvalue weighted by atomic mass is 16.2. The van der Waals surface area contributed by atoms with E-state index in [4.69, 9.17) is 11.5 Å². The van der Waals surface area contributed by atoms with Crippen molar-refractivity contribution in [3.8, 4) is 6.07 Å². The third-order valence-electron chi connectivity index (χ3n) is 6.84. The zero-order chi connectivity index (χ0) is 22.3. The number of piperazine rings is 1. The van der Waals surface area contributed by atoms with Crippen LogP contribution in [0.15, 0.2) is 24.3 Å². The van der Waals surface area contributed by atoms with E-state index in [0.29, 0.717) is 38.0 Å². The molecule has 1 aromatic carbocycles. The number of nitriles is 1. The van der Waals surface area contributed by atoms with Gasteiger partial charge in [0.05, 0.1) is 24.2 Å². The Balaban J connectivity index is 1.39. The van der Waals surface area contributed by atoms with Gasteiger partial charge >= 0.3 is 0 Å². The van der Waals surface area contributed by atoms with Crippen molar-refractivity contribution in [3.05, 3.63) is 35.4 Å². The van der Waals surface area contributed by atoms with Gasteiger partial charge in [-0.3, -0.25) is 19.3 Å². The lowest BCUT2D eigenvalue weighted by Crippen LogP contribution is -2.56. The maximum atomic E-state index is 13.1. The molecule has 3 aliphatic heterocycles. The lowest BCUT2D eigenvalue weighted by molar-refractivity contribution is -0.140. The van der Waals surface area contributed by atoms with Crippen LogP contribution in [-0.2, 0) is 9.59 Å². The van der Waals surface area contributed by atoms with E-state index in [1.807, 2.05) is 28.9 Å². The Hall–Kier alpha value is -2.96. The average Bonchev–Trinajstić information content (AvgIpc) is 3.47. The maximum absolute atomic E-state index is 13.1. The maximum Gasteiger partial charge on any atom is 0.248 e. The molecule has 5 atom stereocenters. The van der Waals surface area contributed by atoms with Crippen LogP contribution < -0.4 is 11.5 Å². The highest BCUT2D eigenvalue weighted by Gasteiger charge is 2.51. The predicted molar refractivity (Wildman–Crippen MR) is 112 cm³/mol. The molecule has 0 saturated carbocycles. The average molecular weight is 425 g/mol. The number of primary amides is 1. The summed E-state index contributed by atoms with van der Waals surface area (Å²) >= 11 is 0. The van der Waals surface area contributed by atoms with Gasteiger partial charge in [-0.2, -0.15) is 5.26 Å². The lowest BCUT2D eigenvalue weighted by atomic mass is 10.0. The molecular weight excluding hydrogens is 396 g/mol. The number of carbonyl (C=O) groups is 3. The van der Waals surface area contributed by atoms with Gasteiger partial charge in [0.2, 0.25) is 17.7 Å². The van der Waals surface area contributed by atoms with Crippen molar-refractivity contribution in [2.45, 2.75) is 56.4 Å². The van der Waals surface area contributed by atoms with Crippen LogP contribution >= 0.6 is 0 Å². The molecule has 3 fully saturated rings. The Labute approximate surface area is 181 Å². The summed E-state index contributed by atoms with van der Waals surface area (Å²) in [5.41, 5.74) is 12.9. The van der Waals surface area contributed by atoms with E-state index in [1.54, 1.807) is 17.0 Å². The Morgan fingerprint density at radius 1 is 1.29 bits per heavy atom. The molecule has 3 amide bonds. The number of carbonyl (C=O) groups excluding carboxylic acids is 3. The summed E-state index contributed by atoms with van der Waals surface area (Å²) in [4.78, 5) is 42.6. The van der Waals surface area contributed by atoms with Gasteiger partial charge < -0.3 is 21.3 Å². The fraction of sp³-hybridized carbons (Fsp3) is 0.545. The standard InChI is InChI=1S/C22H28N6O3/c1-13(14-4-6-15(7-5-14)20(25)29)28-17-9-19(22(28)31)26(11-17)12-18(24)21(30)27-8-2-3-16(27)10-23/h4-7,13,16-19H,2-3,8-9,11-12,24H2,1H3,(H2,25,29)/t13-,16+,17-,18+,19-/m1/s1. The first-order chi connectivity index (χ1) is 14.8.